The number of hydrogen-bond donors (Lipinski definition) is 1. The lowest BCUT2D eigenvalue weighted by molar-refractivity contribution is 0.389. The van der Waals surface area contributed by atoms with Crippen LogP contribution in [0, 0.1) is 0 Å². The SMILES string of the molecule is CN(C)CCCCNC1CSc2ccccc21. The average molecular weight is 250 g/mol. The van der Waals surface area contributed by atoms with Gasteiger partial charge in [0, 0.05) is 16.7 Å². The van der Waals surface area contributed by atoms with Gasteiger partial charge in [-0.1, -0.05) is 18.2 Å². The molecule has 1 atom stereocenters. The number of hydrogen-bond acceptors (Lipinski definition) is 3. The van der Waals surface area contributed by atoms with Crippen molar-refractivity contribution in [2.45, 2.75) is 23.8 Å². The number of rotatable bonds is 6. The van der Waals surface area contributed by atoms with Crippen molar-refractivity contribution in [3.8, 4) is 0 Å². The molecule has 1 aromatic rings. The summed E-state index contributed by atoms with van der Waals surface area (Å²) < 4.78 is 0. The summed E-state index contributed by atoms with van der Waals surface area (Å²) >= 11 is 1.97. The van der Waals surface area contributed by atoms with E-state index in [-0.39, 0.29) is 0 Å². The molecule has 0 spiro atoms. The van der Waals surface area contributed by atoms with Crippen LogP contribution in [0.1, 0.15) is 24.4 Å². The number of thioether (sulfide) groups is 1. The minimum absolute atomic E-state index is 0.565. The van der Waals surface area contributed by atoms with Crippen molar-refractivity contribution in [2.75, 3.05) is 32.9 Å². The summed E-state index contributed by atoms with van der Waals surface area (Å²) in [6, 6.07) is 9.33. The molecule has 1 aliphatic heterocycles. The molecule has 0 amide bonds. The fourth-order valence-corrected chi connectivity index (χ4v) is 3.36. The van der Waals surface area contributed by atoms with Gasteiger partial charge in [0.1, 0.15) is 0 Å². The van der Waals surface area contributed by atoms with E-state index in [1.54, 1.807) is 0 Å². The van der Waals surface area contributed by atoms with E-state index in [1.807, 2.05) is 11.8 Å². The second-order valence-electron chi connectivity index (χ2n) is 4.87. The van der Waals surface area contributed by atoms with Gasteiger partial charge in [-0.05, 0) is 51.7 Å². The summed E-state index contributed by atoms with van der Waals surface area (Å²) in [6.45, 7) is 2.32. The predicted octanol–water partition coefficient (Wildman–Crippen LogP) is 2.76. The lowest BCUT2D eigenvalue weighted by Crippen LogP contribution is -2.23. The van der Waals surface area contributed by atoms with Gasteiger partial charge in [0.15, 0.2) is 0 Å². The van der Waals surface area contributed by atoms with Gasteiger partial charge < -0.3 is 10.2 Å². The maximum Gasteiger partial charge on any atom is 0.0426 e. The van der Waals surface area contributed by atoms with Crippen LogP contribution in [-0.4, -0.2) is 37.8 Å². The zero-order valence-corrected chi connectivity index (χ0v) is 11.6. The summed E-state index contributed by atoms with van der Waals surface area (Å²) in [5.41, 5.74) is 1.49. The van der Waals surface area contributed by atoms with Crippen LogP contribution in [0.3, 0.4) is 0 Å². The molecule has 2 nitrogen and oxygen atoms in total. The first-order valence-electron chi connectivity index (χ1n) is 6.37. The molecule has 0 saturated carbocycles. The summed E-state index contributed by atoms with van der Waals surface area (Å²) in [7, 11) is 4.27. The summed E-state index contributed by atoms with van der Waals surface area (Å²) in [4.78, 5) is 3.71. The molecular weight excluding hydrogens is 228 g/mol. The number of benzene rings is 1. The van der Waals surface area contributed by atoms with Gasteiger partial charge in [-0.15, -0.1) is 11.8 Å². The standard InChI is InChI=1S/C14H22N2S/c1-16(2)10-6-5-9-15-13-11-17-14-8-4-3-7-12(13)14/h3-4,7-8,13,15H,5-6,9-11H2,1-2H3. The largest absolute Gasteiger partial charge is 0.309 e. The Balaban J connectivity index is 1.71. The molecule has 17 heavy (non-hydrogen) atoms. The van der Waals surface area contributed by atoms with E-state index < -0.39 is 0 Å². The highest BCUT2D eigenvalue weighted by molar-refractivity contribution is 7.99. The molecule has 1 aliphatic rings. The van der Waals surface area contributed by atoms with E-state index in [2.05, 4.69) is 48.6 Å². The van der Waals surface area contributed by atoms with Crippen LogP contribution in [0.2, 0.25) is 0 Å². The van der Waals surface area contributed by atoms with Gasteiger partial charge in [-0.25, -0.2) is 0 Å². The molecule has 0 bridgehead atoms. The Hall–Kier alpha value is -0.510. The third-order valence-electron chi connectivity index (χ3n) is 3.12. The zero-order chi connectivity index (χ0) is 12.1. The van der Waals surface area contributed by atoms with E-state index >= 15 is 0 Å². The van der Waals surface area contributed by atoms with Crippen molar-refractivity contribution in [1.82, 2.24) is 10.2 Å². The van der Waals surface area contributed by atoms with Gasteiger partial charge in [0.25, 0.3) is 0 Å². The Kier molecular flexibility index (Phi) is 4.89. The van der Waals surface area contributed by atoms with Gasteiger partial charge in [0.2, 0.25) is 0 Å². The molecule has 3 heteroatoms. The summed E-state index contributed by atoms with van der Waals surface area (Å²) in [6.07, 6.45) is 2.54. The third-order valence-corrected chi connectivity index (χ3v) is 4.31. The molecule has 0 saturated heterocycles. The third kappa shape index (κ3) is 3.73. The lowest BCUT2D eigenvalue weighted by atomic mass is 10.1. The van der Waals surface area contributed by atoms with E-state index in [4.69, 9.17) is 0 Å². The second kappa shape index (κ2) is 6.43. The van der Waals surface area contributed by atoms with Crippen LogP contribution in [0.15, 0.2) is 29.2 Å². The molecule has 0 radical (unpaired) electrons. The molecule has 0 aliphatic carbocycles. The Morgan fingerprint density at radius 2 is 2.12 bits per heavy atom. The first kappa shape index (κ1) is 12.9. The van der Waals surface area contributed by atoms with Crippen molar-refractivity contribution in [3.05, 3.63) is 29.8 Å². The number of unbranched alkanes of at least 4 members (excludes halogenated alkanes) is 1. The molecule has 1 aromatic carbocycles. The fourth-order valence-electron chi connectivity index (χ4n) is 2.16. The van der Waals surface area contributed by atoms with E-state index in [0.29, 0.717) is 6.04 Å². The molecule has 1 N–H and O–H groups in total. The van der Waals surface area contributed by atoms with Crippen LogP contribution < -0.4 is 5.32 Å². The van der Waals surface area contributed by atoms with Crippen LogP contribution in [0.4, 0.5) is 0 Å². The summed E-state index contributed by atoms with van der Waals surface area (Å²) in [5.74, 6) is 1.19. The first-order valence-corrected chi connectivity index (χ1v) is 7.36. The predicted molar refractivity (Wildman–Crippen MR) is 75.7 cm³/mol. The molecule has 0 fully saturated rings. The Bertz CT molecular complexity index is 352. The van der Waals surface area contributed by atoms with Crippen molar-refractivity contribution in [1.29, 1.82) is 0 Å². The molecule has 1 heterocycles. The molecule has 2 rings (SSSR count). The monoisotopic (exact) mass is 250 g/mol. The smallest absolute Gasteiger partial charge is 0.0426 e. The Labute approximate surface area is 109 Å². The van der Waals surface area contributed by atoms with Crippen molar-refractivity contribution >= 4 is 11.8 Å². The molecule has 1 unspecified atom stereocenters. The second-order valence-corrected chi connectivity index (χ2v) is 5.93. The maximum absolute atomic E-state index is 3.67. The highest BCUT2D eigenvalue weighted by atomic mass is 32.2. The van der Waals surface area contributed by atoms with Gasteiger partial charge in [0.05, 0.1) is 0 Å². The first-order chi connectivity index (χ1) is 8.27. The van der Waals surface area contributed by atoms with Crippen LogP contribution in [0.5, 0.6) is 0 Å². The highest BCUT2D eigenvalue weighted by Gasteiger charge is 2.21. The quantitative estimate of drug-likeness (QED) is 0.782. The Morgan fingerprint density at radius 1 is 1.29 bits per heavy atom. The number of nitrogens with one attached hydrogen (secondary N) is 1. The van der Waals surface area contributed by atoms with Gasteiger partial charge >= 0.3 is 0 Å². The van der Waals surface area contributed by atoms with Crippen molar-refractivity contribution in [3.63, 3.8) is 0 Å². The zero-order valence-electron chi connectivity index (χ0n) is 10.8. The van der Waals surface area contributed by atoms with Crippen molar-refractivity contribution < 1.29 is 0 Å². The van der Waals surface area contributed by atoms with Crippen molar-refractivity contribution in [2.24, 2.45) is 0 Å². The van der Waals surface area contributed by atoms with Crippen LogP contribution in [0.25, 0.3) is 0 Å². The fraction of sp³-hybridized carbons (Fsp3) is 0.571. The van der Waals surface area contributed by atoms with Crippen LogP contribution >= 0.6 is 11.8 Å². The van der Waals surface area contributed by atoms with E-state index in [9.17, 15) is 0 Å². The highest BCUT2D eigenvalue weighted by Crippen LogP contribution is 2.37. The molecule has 0 aromatic heterocycles. The minimum atomic E-state index is 0.565. The Morgan fingerprint density at radius 3 is 2.94 bits per heavy atom. The van der Waals surface area contributed by atoms with Crippen LogP contribution in [-0.2, 0) is 0 Å². The number of nitrogens with zero attached hydrogens (tertiary/aromatic N) is 1. The van der Waals surface area contributed by atoms with E-state index in [0.717, 1.165) is 6.54 Å². The van der Waals surface area contributed by atoms with Gasteiger partial charge in [-0.3, -0.25) is 0 Å². The summed E-state index contributed by atoms with van der Waals surface area (Å²) in [5, 5.41) is 3.67. The van der Waals surface area contributed by atoms with E-state index in [1.165, 1.54) is 35.6 Å². The van der Waals surface area contributed by atoms with Gasteiger partial charge in [-0.2, -0.15) is 0 Å². The molecule has 94 valence electrons. The normalized spacial score (nSPS) is 18.6. The lowest BCUT2D eigenvalue weighted by Gasteiger charge is -2.14. The minimum Gasteiger partial charge on any atom is -0.309 e. The maximum atomic E-state index is 3.67. The molecular formula is C14H22N2S. The topological polar surface area (TPSA) is 15.3 Å². The number of fused-ring (bicyclic) bond motifs is 1. The average Bonchev–Trinajstić information content (AvgIpc) is 2.72.